The Labute approximate surface area is 133 Å². The molecule has 0 saturated heterocycles. The number of nitrogens with one attached hydrogen (secondary N) is 1. The summed E-state index contributed by atoms with van der Waals surface area (Å²) in [6.45, 7) is 1.16. The van der Waals surface area contributed by atoms with Gasteiger partial charge in [-0.1, -0.05) is 12.1 Å². The quantitative estimate of drug-likeness (QED) is 0.861. The first-order valence-electron chi connectivity index (χ1n) is 6.87. The van der Waals surface area contributed by atoms with Gasteiger partial charge in [-0.3, -0.25) is 4.79 Å². The maximum Gasteiger partial charge on any atom is 0.338 e. The zero-order chi connectivity index (χ0) is 16.8. The molecule has 0 aliphatic carbocycles. The lowest BCUT2D eigenvalue weighted by atomic mass is 10.2. The molecule has 120 valence electrons. The van der Waals surface area contributed by atoms with Crippen molar-refractivity contribution in [1.29, 1.82) is 0 Å². The second-order valence-corrected chi connectivity index (χ2v) is 4.82. The van der Waals surface area contributed by atoms with Gasteiger partial charge in [0.15, 0.2) is 6.61 Å². The lowest BCUT2D eigenvalue weighted by molar-refractivity contribution is -0.119. The molecular formula is C17H16FNO4. The van der Waals surface area contributed by atoms with Crippen molar-refractivity contribution in [3.8, 4) is 5.75 Å². The van der Waals surface area contributed by atoms with E-state index < -0.39 is 24.3 Å². The number of esters is 1. The number of benzene rings is 2. The molecule has 0 saturated carbocycles. The Bertz CT molecular complexity index is 730. The first-order chi connectivity index (χ1) is 11.0. The van der Waals surface area contributed by atoms with Gasteiger partial charge in [0.05, 0.1) is 12.7 Å². The van der Waals surface area contributed by atoms with Crippen LogP contribution in [0.4, 0.5) is 10.1 Å². The lowest BCUT2D eigenvalue weighted by Crippen LogP contribution is -2.21. The average Bonchev–Trinajstić information content (AvgIpc) is 2.56. The molecule has 0 atom stereocenters. The number of halogens is 1. The molecule has 0 fully saturated rings. The molecule has 2 aromatic carbocycles. The zero-order valence-electron chi connectivity index (χ0n) is 12.8. The Hall–Kier alpha value is -2.89. The van der Waals surface area contributed by atoms with Crippen LogP contribution in [-0.4, -0.2) is 25.6 Å². The molecule has 0 unspecified atom stereocenters. The Balaban J connectivity index is 1.90. The number of rotatable bonds is 5. The van der Waals surface area contributed by atoms with Gasteiger partial charge in [-0.25, -0.2) is 9.18 Å². The summed E-state index contributed by atoms with van der Waals surface area (Å²) in [6, 6.07) is 10.7. The first-order valence-corrected chi connectivity index (χ1v) is 6.87. The van der Waals surface area contributed by atoms with E-state index in [1.807, 2.05) is 0 Å². The lowest BCUT2D eigenvalue weighted by Gasteiger charge is -2.08. The monoisotopic (exact) mass is 317 g/mol. The van der Waals surface area contributed by atoms with Crippen LogP contribution in [0.3, 0.4) is 0 Å². The van der Waals surface area contributed by atoms with Crippen molar-refractivity contribution >= 4 is 17.6 Å². The summed E-state index contributed by atoms with van der Waals surface area (Å²) < 4.78 is 23.3. The molecule has 0 aliphatic heterocycles. The van der Waals surface area contributed by atoms with E-state index in [4.69, 9.17) is 9.47 Å². The number of methoxy groups -OCH3 is 1. The Kier molecular flexibility index (Phi) is 5.30. The summed E-state index contributed by atoms with van der Waals surface area (Å²) in [7, 11) is 1.48. The summed E-state index contributed by atoms with van der Waals surface area (Å²) >= 11 is 0. The normalized spacial score (nSPS) is 10.0. The Morgan fingerprint density at radius 1 is 1.17 bits per heavy atom. The van der Waals surface area contributed by atoms with Crippen LogP contribution in [0, 0.1) is 12.7 Å². The minimum absolute atomic E-state index is 0.276. The topological polar surface area (TPSA) is 64.6 Å². The van der Waals surface area contributed by atoms with E-state index in [9.17, 15) is 14.0 Å². The van der Waals surface area contributed by atoms with Gasteiger partial charge in [0.2, 0.25) is 0 Å². The van der Waals surface area contributed by atoms with Gasteiger partial charge in [0.25, 0.3) is 5.91 Å². The molecular weight excluding hydrogens is 301 g/mol. The summed E-state index contributed by atoms with van der Waals surface area (Å²) in [5.74, 6) is -1.10. The molecule has 0 radical (unpaired) electrons. The highest BCUT2D eigenvalue weighted by Crippen LogP contribution is 2.14. The number of anilines is 1. The molecule has 1 amide bonds. The predicted molar refractivity (Wildman–Crippen MR) is 83.0 cm³/mol. The third-order valence-corrected chi connectivity index (χ3v) is 3.10. The molecule has 23 heavy (non-hydrogen) atoms. The molecule has 0 heterocycles. The smallest absolute Gasteiger partial charge is 0.338 e. The van der Waals surface area contributed by atoms with Crippen LogP contribution in [0.25, 0.3) is 0 Å². The van der Waals surface area contributed by atoms with Crippen molar-refractivity contribution < 1.29 is 23.5 Å². The standard InChI is InChI=1S/C17H16FNO4/c1-11-6-7-13(9-15(11)18)19-16(20)10-23-17(21)12-4-3-5-14(8-12)22-2/h3-9H,10H2,1-2H3,(H,19,20). The fraction of sp³-hybridized carbons (Fsp3) is 0.176. The van der Waals surface area contributed by atoms with Crippen molar-refractivity contribution in [2.24, 2.45) is 0 Å². The third kappa shape index (κ3) is 4.54. The van der Waals surface area contributed by atoms with Crippen LogP contribution < -0.4 is 10.1 Å². The molecule has 2 aromatic rings. The number of aryl methyl sites for hydroxylation is 1. The highest BCUT2D eigenvalue weighted by molar-refractivity contribution is 5.95. The Morgan fingerprint density at radius 2 is 1.96 bits per heavy atom. The molecule has 1 N–H and O–H groups in total. The van der Waals surface area contributed by atoms with Gasteiger partial charge < -0.3 is 14.8 Å². The van der Waals surface area contributed by atoms with E-state index in [0.717, 1.165) is 0 Å². The van der Waals surface area contributed by atoms with E-state index >= 15 is 0 Å². The molecule has 6 heteroatoms. The highest BCUT2D eigenvalue weighted by atomic mass is 19.1. The number of carbonyl (C=O) groups is 2. The number of hydrogen-bond donors (Lipinski definition) is 1. The highest BCUT2D eigenvalue weighted by Gasteiger charge is 2.11. The van der Waals surface area contributed by atoms with E-state index in [2.05, 4.69) is 5.32 Å². The molecule has 0 aromatic heterocycles. The van der Waals surface area contributed by atoms with Gasteiger partial charge in [-0.15, -0.1) is 0 Å². The van der Waals surface area contributed by atoms with Gasteiger partial charge in [-0.05, 0) is 42.8 Å². The fourth-order valence-corrected chi connectivity index (χ4v) is 1.83. The van der Waals surface area contributed by atoms with E-state index in [-0.39, 0.29) is 5.56 Å². The minimum Gasteiger partial charge on any atom is -0.497 e. The fourth-order valence-electron chi connectivity index (χ4n) is 1.83. The summed E-state index contributed by atoms with van der Waals surface area (Å²) in [6.07, 6.45) is 0. The maximum absolute atomic E-state index is 13.4. The van der Waals surface area contributed by atoms with Crippen LogP contribution in [-0.2, 0) is 9.53 Å². The summed E-state index contributed by atoms with van der Waals surface area (Å²) in [5.41, 5.74) is 1.06. The summed E-state index contributed by atoms with van der Waals surface area (Å²) in [5, 5.41) is 2.46. The van der Waals surface area contributed by atoms with Gasteiger partial charge >= 0.3 is 5.97 Å². The van der Waals surface area contributed by atoms with Crippen LogP contribution in [0.1, 0.15) is 15.9 Å². The molecule has 0 spiro atoms. The van der Waals surface area contributed by atoms with Crippen LogP contribution >= 0.6 is 0 Å². The third-order valence-electron chi connectivity index (χ3n) is 3.10. The number of amides is 1. The van der Waals surface area contributed by atoms with E-state index in [0.29, 0.717) is 17.0 Å². The van der Waals surface area contributed by atoms with E-state index in [1.165, 1.54) is 19.2 Å². The molecule has 5 nitrogen and oxygen atoms in total. The van der Waals surface area contributed by atoms with Crippen LogP contribution in [0.15, 0.2) is 42.5 Å². The predicted octanol–water partition coefficient (Wildman–Crippen LogP) is 2.94. The number of ether oxygens (including phenoxy) is 2. The van der Waals surface area contributed by atoms with E-state index in [1.54, 1.807) is 37.3 Å². The molecule has 2 rings (SSSR count). The molecule has 0 bridgehead atoms. The van der Waals surface area contributed by atoms with Gasteiger partial charge in [0.1, 0.15) is 11.6 Å². The van der Waals surface area contributed by atoms with Crippen LogP contribution in [0.5, 0.6) is 5.75 Å². The van der Waals surface area contributed by atoms with Crippen molar-refractivity contribution in [3.63, 3.8) is 0 Å². The zero-order valence-corrected chi connectivity index (χ0v) is 12.8. The average molecular weight is 317 g/mol. The first kappa shape index (κ1) is 16.5. The number of hydrogen-bond acceptors (Lipinski definition) is 4. The van der Waals surface area contributed by atoms with Crippen molar-refractivity contribution in [2.75, 3.05) is 19.0 Å². The minimum atomic E-state index is -0.644. The SMILES string of the molecule is COc1cccc(C(=O)OCC(=O)Nc2ccc(C)c(F)c2)c1. The van der Waals surface area contributed by atoms with Gasteiger partial charge in [-0.2, -0.15) is 0 Å². The van der Waals surface area contributed by atoms with Crippen molar-refractivity contribution in [2.45, 2.75) is 6.92 Å². The van der Waals surface area contributed by atoms with Crippen molar-refractivity contribution in [1.82, 2.24) is 0 Å². The van der Waals surface area contributed by atoms with Crippen molar-refractivity contribution in [3.05, 3.63) is 59.4 Å². The molecule has 0 aliphatic rings. The number of carbonyl (C=O) groups excluding carboxylic acids is 2. The summed E-state index contributed by atoms with van der Waals surface area (Å²) in [4.78, 5) is 23.6. The van der Waals surface area contributed by atoms with Gasteiger partial charge in [0, 0.05) is 5.69 Å². The largest absolute Gasteiger partial charge is 0.497 e. The Morgan fingerprint density at radius 3 is 2.65 bits per heavy atom. The second-order valence-electron chi connectivity index (χ2n) is 4.82. The second kappa shape index (κ2) is 7.40. The van der Waals surface area contributed by atoms with Crippen LogP contribution in [0.2, 0.25) is 0 Å². The maximum atomic E-state index is 13.4.